The Labute approximate surface area is 144 Å². The Balaban J connectivity index is 1.59. The van der Waals surface area contributed by atoms with Crippen LogP contribution in [0.15, 0.2) is 53.1 Å². The van der Waals surface area contributed by atoms with Gasteiger partial charge in [-0.05, 0) is 38.7 Å². The molecule has 0 N–H and O–H groups in total. The van der Waals surface area contributed by atoms with Crippen molar-refractivity contribution in [2.45, 2.75) is 52.2 Å². The zero-order valence-corrected chi connectivity index (χ0v) is 14.6. The Morgan fingerprint density at radius 1 is 1.08 bits per heavy atom. The van der Waals surface area contributed by atoms with Gasteiger partial charge in [-0.25, -0.2) is 0 Å². The van der Waals surface area contributed by atoms with Crippen LogP contribution in [0, 0.1) is 5.92 Å². The van der Waals surface area contributed by atoms with E-state index < -0.39 is 0 Å². The van der Waals surface area contributed by atoms with Crippen LogP contribution in [0.5, 0.6) is 0 Å². The highest BCUT2D eigenvalue weighted by Crippen LogP contribution is 2.37. The summed E-state index contributed by atoms with van der Waals surface area (Å²) in [6.07, 6.45) is 5.80. The first kappa shape index (κ1) is 17.1. The van der Waals surface area contributed by atoms with Crippen LogP contribution in [-0.2, 0) is 20.9 Å². The van der Waals surface area contributed by atoms with Crippen molar-refractivity contribution in [1.29, 1.82) is 0 Å². The van der Waals surface area contributed by atoms with E-state index in [0.717, 1.165) is 30.4 Å². The second kappa shape index (κ2) is 7.91. The van der Waals surface area contributed by atoms with Gasteiger partial charge >= 0.3 is 0 Å². The Kier molecular flexibility index (Phi) is 5.64. The number of allylic oxidation sites excluding steroid dienone is 2. The number of carbonyl (C=O) groups is 1. The molecule has 3 nitrogen and oxygen atoms in total. The number of benzene rings is 1. The normalized spacial score (nSPS) is 24.4. The summed E-state index contributed by atoms with van der Waals surface area (Å²) < 4.78 is 11.7. The molecule has 24 heavy (non-hydrogen) atoms. The standard InChI is InChI=1S/C21H26O3/c1-15-8-11-20(18(12-15)21-16(2)9-10-19(21)22)24-14-23-13-17-6-4-3-5-7-17/h3-7,12,18,20H,8-11,13-14H2,1-2H3/t18-,20-/m0/s1. The smallest absolute Gasteiger partial charge is 0.159 e. The number of ether oxygens (including phenoxy) is 2. The lowest BCUT2D eigenvalue weighted by Crippen LogP contribution is -2.30. The van der Waals surface area contributed by atoms with E-state index in [0.29, 0.717) is 18.8 Å². The number of hydrogen-bond donors (Lipinski definition) is 0. The molecule has 0 unspecified atom stereocenters. The maximum atomic E-state index is 12.3. The molecule has 0 spiro atoms. The zero-order chi connectivity index (χ0) is 16.9. The highest BCUT2D eigenvalue weighted by Gasteiger charge is 2.34. The second-order valence-electron chi connectivity index (χ2n) is 6.85. The molecular formula is C21H26O3. The average molecular weight is 326 g/mol. The summed E-state index contributed by atoms with van der Waals surface area (Å²) in [6, 6.07) is 10.1. The van der Waals surface area contributed by atoms with E-state index in [4.69, 9.17) is 9.47 Å². The fourth-order valence-electron chi connectivity index (χ4n) is 3.65. The molecule has 0 bridgehead atoms. The van der Waals surface area contributed by atoms with Gasteiger partial charge in [0.2, 0.25) is 0 Å². The van der Waals surface area contributed by atoms with Gasteiger partial charge in [0, 0.05) is 17.9 Å². The molecule has 3 heteroatoms. The highest BCUT2D eigenvalue weighted by molar-refractivity contribution is 5.99. The predicted octanol–water partition coefficient (Wildman–Crippen LogP) is 4.58. The number of carbonyl (C=O) groups excluding carboxylic acids is 1. The lowest BCUT2D eigenvalue weighted by Gasteiger charge is -2.30. The molecule has 0 radical (unpaired) electrons. The Bertz CT molecular complexity index is 642. The van der Waals surface area contributed by atoms with E-state index in [9.17, 15) is 4.79 Å². The molecule has 2 atom stereocenters. The highest BCUT2D eigenvalue weighted by atomic mass is 16.7. The molecule has 2 aliphatic carbocycles. The minimum Gasteiger partial charge on any atom is -0.351 e. The van der Waals surface area contributed by atoms with Gasteiger partial charge in [0.25, 0.3) is 0 Å². The van der Waals surface area contributed by atoms with Gasteiger partial charge in [0.05, 0.1) is 12.7 Å². The fourth-order valence-corrected chi connectivity index (χ4v) is 3.65. The van der Waals surface area contributed by atoms with Gasteiger partial charge in [-0.1, -0.05) is 47.6 Å². The molecule has 0 aromatic heterocycles. The molecule has 0 saturated heterocycles. The summed E-state index contributed by atoms with van der Waals surface area (Å²) in [5, 5.41) is 0. The van der Waals surface area contributed by atoms with Gasteiger partial charge in [-0.3, -0.25) is 4.79 Å². The fraction of sp³-hybridized carbons (Fsp3) is 0.476. The SMILES string of the molecule is CC1=C[C@H](C2=C(C)CCC2=O)[C@@H](OCOCc2ccccc2)CC1. The first-order valence-corrected chi connectivity index (χ1v) is 8.78. The minimum atomic E-state index is 0.0384. The first-order valence-electron chi connectivity index (χ1n) is 8.78. The summed E-state index contributed by atoms with van der Waals surface area (Å²) >= 11 is 0. The van der Waals surface area contributed by atoms with E-state index >= 15 is 0 Å². The van der Waals surface area contributed by atoms with Crippen molar-refractivity contribution in [3.63, 3.8) is 0 Å². The summed E-state index contributed by atoms with van der Waals surface area (Å²) in [6.45, 7) is 5.04. The van der Waals surface area contributed by atoms with Gasteiger partial charge in [0.1, 0.15) is 6.79 Å². The van der Waals surface area contributed by atoms with Crippen molar-refractivity contribution in [2.75, 3.05) is 6.79 Å². The maximum absolute atomic E-state index is 12.3. The molecule has 0 aliphatic heterocycles. The molecule has 1 aromatic rings. The third-order valence-electron chi connectivity index (χ3n) is 4.99. The Morgan fingerprint density at radius 3 is 2.58 bits per heavy atom. The molecule has 2 aliphatic rings. The van der Waals surface area contributed by atoms with Crippen LogP contribution < -0.4 is 0 Å². The van der Waals surface area contributed by atoms with Crippen LogP contribution in [0.3, 0.4) is 0 Å². The van der Waals surface area contributed by atoms with Gasteiger partial charge in [-0.15, -0.1) is 0 Å². The summed E-state index contributed by atoms with van der Waals surface area (Å²) in [5.41, 5.74) is 4.71. The van der Waals surface area contributed by atoms with E-state index in [1.165, 1.54) is 11.1 Å². The van der Waals surface area contributed by atoms with Crippen LogP contribution in [0.4, 0.5) is 0 Å². The molecule has 1 aromatic carbocycles. The maximum Gasteiger partial charge on any atom is 0.159 e. The lowest BCUT2D eigenvalue weighted by atomic mass is 9.81. The predicted molar refractivity (Wildman–Crippen MR) is 94.4 cm³/mol. The third-order valence-corrected chi connectivity index (χ3v) is 4.99. The van der Waals surface area contributed by atoms with Crippen molar-refractivity contribution in [1.82, 2.24) is 0 Å². The summed E-state index contributed by atoms with van der Waals surface area (Å²) in [5.74, 6) is 0.385. The zero-order valence-electron chi connectivity index (χ0n) is 14.6. The van der Waals surface area contributed by atoms with Crippen LogP contribution in [0.1, 0.15) is 45.1 Å². The quantitative estimate of drug-likeness (QED) is 0.436. The molecule has 0 heterocycles. The third kappa shape index (κ3) is 4.03. The monoisotopic (exact) mass is 326 g/mol. The van der Waals surface area contributed by atoms with E-state index in [2.05, 4.69) is 19.9 Å². The van der Waals surface area contributed by atoms with Crippen molar-refractivity contribution in [3.8, 4) is 0 Å². The topological polar surface area (TPSA) is 35.5 Å². The van der Waals surface area contributed by atoms with E-state index in [1.54, 1.807) is 0 Å². The van der Waals surface area contributed by atoms with Crippen LogP contribution in [0.2, 0.25) is 0 Å². The Morgan fingerprint density at radius 2 is 1.88 bits per heavy atom. The molecule has 0 fully saturated rings. The average Bonchev–Trinajstić information content (AvgIpc) is 2.92. The van der Waals surface area contributed by atoms with Crippen molar-refractivity contribution < 1.29 is 14.3 Å². The Hall–Kier alpha value is -1.71. The number of ketones is 1. The molecular weight excluding hydrogens is 300 g/mol. The van der Waals surface area contributed by atoms with Crippen molar-refractivity contribution >= 4 is 5.78 Å². The van der Waals surface area contributed by atoms with Crippen LogP contribution in [-0.4, -0.2) is 18.7 Å². The lowest BCUT2D eigenvalue weighted by molar-refractivity contribution is -0.119. The van der Waals surface area contributed by atoms with Crippen LogP contribution in [0.25, 0.3) is 0 Å². The molecule has 0 amide bonds. The number of rotatable bonds is 6. The van der Waals surface area contributed by atoms with Gasteiger partial charge in [-0.2, -0.15) is 0 Å². The van der Waals surface area contributed by atoms with Crippen LogP contribution >= 0.6 is 0 Å². The van der Waals surface area contributed by atoms with Crippen molar-refractivity contribution in [3.05, 3.63) is 58.7 Å². The second-order valence-corrected chi connectivity index (χ2v) is 6.85. The minimum absolute atomic E-state index is 0.0384. The van der Waals surface area contributed by atoms with Gasteiger partial charge in [0.15, 0.2) is 5.78 Å². The summed E-state index contributed by atoms with van der Waals surface area (Å²) in [4.78, 5) is 12.3. The largest absolute Gasteiger partial charge is 0.351 e. The number of hydrogen-bond acceptors (Lipinski definition) is 3. The van der Waals surface area contributed by atoms with Crippen molar-refractivity contribution in [2.24, 2.45) is 5.92 Å². The number of Topliss-reactive ketones (excluding diaryl/α,β-unsaturated/α-hetero) is 1. The van der Waals surface area contributed by atoms with Gasteiger partial charge < -0.3 is 9.47 Å². The summed E-state index contributed by atoms with van der Waals surface area (Å²) in [7, 11) is 0. The molecule has 3 rings (SSSR count). The molecule has 0 saturated carbocycles. The van der Waals surface area contributed by atoms with E-state index in [-0.39, 0.29) is 18.8 Å². The first-order chi connectivity index (χ1) is 11.6. The van der Waals surface area contributed by atoms with E-state index in [1.807, 2.05) is 30.3 Å². The molecule has 128 valence electrons.